The number of hydrogen-bond donors (Lipinski definition) is 0. The van der Waals surface area contributed by atoms with Crippen molar-refractivity contribution >= 4 is 0 Å². The molecule has 8 nitrogen and oxygen atoms in total. The van der Waals surface area contributed by atoms with Gasteiger partial charge in [0.1, 0.15) is 0 Å². The van der Waals surface area contributed by atoms with E-state index in [-0.39, 0.29) is 0 Å². The number of hydrogen-bond acceptors (Lipinski definition) is 8. The molecule has 1 aliphatic carbocycles. The number of aromatic nitrogens is 4. The summed E-state index contributed by atoms with van der Waals surface area (Å²) in [6.07, 6.45) is 4.73. The quantitative estimate of drug-likeness (QED) is 0.791. The van der Waals surface area contributed by atoms with Gasteiger partial charge in [-0.25, -0.2) is 0 Å². The minimum absolute atomic E-state index is 0.473. The van der Waals surface area contributed by atoms with Crippen LogP contribution in [0.3, 0.4) is 0 Å². The molecule has 2 aromatic rings. The van der Waals surface area contributed by atoms with E-state index in [2.05, 4.69) is 37.2 Å². The highest BCUT2D eigenvalue weighted by Gasteiger charge is 2.30. The monoisotopic (exact) mass is 332 g/mol. The Kier molecular flexibility index (Phi) is 4.32. The fourth-order valence-electron chi connectivity index (χ4n) is 3.31. The van der Waals surface area contributed by atoms with E-state index in [0.29, 0.717) is 30.3 Å². The second-order valence-corrected chi connectivity index (χ2v) is 6.98. The lowest BCUT2D eigenvalue weighted by Gasteiger charge is -2.36. The van der Waals surface area contributed by atoms with Crippen LogP contribution in [0.4, 0.5) is 0 Å². The first-order valence-electron chi connectivity index (χ1n) is 8.71. The van der Waals surface area contributed by atoms with Crippen molar-refractivity contribution in [1.29, 1.82) is 0 Å². The summed E-state index contributed by atoms with van der Waals surface area (Å²) in [5.41, 5.74) is 0. The molecule has 0 N–H and O–H groups in total. The van der Waals surface area contributed by atoms with E-state index in [0.717, 1.165) is 31.3 Å². The fourth-order valence-corrected chi connectivity index (χ4v) is 3.31. The number of likely N-dealkylation sites (tertiary alicyclic amines) is 1. The zero-order valence-electron chi connectivity index (χ0n) is 14.3. The van der Waals surface area contributed by atoms with Gasteiger partial charge in [-0.3, -0.25) is 9.80 Å². The van der Waals surface area contributed by atoms with Crippen LogP contribution >= 0.6 is 0 Å². The molecule has 1 saturated heterocycles. The minimum atomic E-state index is 0.473. The molecule has 8 heteroatoms. The second kappa shape index (κ2) is 6.60. The Morgan fingerprint density at radius 3 is 2.88 bits per heavy atom. The molecular formula is C16H24N6O2. The number of aryl methyl sites for hydroxylation is 1. The zero-order chi connectivity index (χ0) is 16.5. The summed E-state index contributed by atoms with van der Waals surface area (Å²) in [5, 5.41) is 12.1. The molecule has 0 amide bonds. The van der Waals surface area contributed by atoms with Crippen LogP contribution < -0.4 is 0 Å². The number of piperidine rings is 1. The molecule has 4 rings (SSSR count). The molecule has 0 aromatic carbocycles. The molecule has 130 valence electrons. The van der Waals surface area contributed by atoms with E-state index < -0.39 is 0 Å². The van der Waals surface area contributed by atoms with Gasteiger partial charge < -0.3 is 8.94 Å². The van der Waals surface area contributed by atoms with Crippen LogP contribution in [0, 0.1) is 6.92 Å². The highest BCUT2D eigenvalue weighted by Crippen LogP contribution is 2.38. The summed E-state index contributed by atoms with van der Waals surface area (Å²) in [5.74, 6) is 3.45. The Morgan fingerprint density at radius 1 is 1.25 bits per heavy atom. The summed E-state index contributed by atoms with van der Waals surface area (Å²) in [6, 6.07) is 0.473. The Bertz CT molecular complexity index is 680. The molecule has 1 atom stereocenters. The molecule has 1 saturated carbocycles. The smallest absolute Gasteiger partial charge is 0.230 e. The van der Waals surface area contributed by atoms with Crippen LogP contribution in [-0.2, 0) is 13.1 Å². The molecular weight excluding hydrogens is 308 g/mol. The van der Waals surface area contributed by atoms with Crippen molar-refractivity contribution in [2.45, 2.75) is 57.7 Å². The largest absolute Gasteiger partial charge is 0.424 e. The predicted octanol–water partition coefficient (Wildman–Crippen LogP) is 1.73. The molecule has 1 aliphatic heterocycles. The van der Waals surface area contributed by atoms with E-state index in [4.69, 9.17) is 8.94 Å². The van der Waals surface area contributed by atoms with Gasteiger partial charge in [0.05, 0.1) is 13.1 Å². The van der Waals surface area contributed by atoms with E-state index in [1.165, 1.54) is 25.7 Å². The van der Waals surface area contributed by atoms with Crippen LogP contribution in [0.5, 0.6) is 0 Å². The lowest BCUT2D eigenvalue weighted by atomic mass is 10.0. The maximum absolute atomic E-state index is 5.49. The van der Waals surface area contributed by atoms with Crippen LogP contribution in [-0.4, -0.2) is 56.3 Å². The van der Waals surface area contributed by atoms with E-state index in [1.807, 2.05) is 6.92 Å². The predicted molar refractivity (Wildman–Crippen MR) is 85.1 cm³/mol. The lowest BCUT2D eigenvalue weighted by Crippen LogP contribution is -2.45. The van der Waals surface area contributed by atoms with Gasteiger partial charge in [0.2, 0.25) is 17.7 Å². The molecule has 0 radical (unpaired) electrons. The van der Waals surface area contributed by atoms with Crippen molar-refractivity contribution in [2.24, 2.45) is 0 Å². The van der Waals surface area contributed by atoms with Crippen molar-refractivity contribution in [3.63, 3.8) is 0 Å². The van der Waals surface area contributed by atoms with Crippen molar-refractivity contribution < 1.29 is 8.94 Å². The van der Waals surface area contributed by atoms with E-state index in [9.17, 15) is 0 Å². The maximum atomic E-state index is 5.49. The van der Waals surface area contributed by atoms with Crippen LogP contribution in [0.15, 0.2) is 8.94 Å². The third-order valence-electron chi connectivity index (χ3n) is 4.83. The normalized spacial score (nSPS) is 22.4. The van der Waals surface area contributed by atoms with Crippen molar-refractivity contribution in [1.82, 2.24) is 30.1 Å². The van der Waals surface area contributed by atoms with Gasteiger partial charge in [-0.05, 0) is 39.3 Å². The van der Waals surface area contributed by atoms with Crippen LogP contribution in [0.25, 0.3) is 0 Å². The number of likely N-dealkylation sites (N-methyl/N-ethyl adjacent to an activating group) is 1. The molecule has 2 aliphatic rings. The van der Waals surface area contributed by atoms with Crippen LogP contribution in [0.1, 0.15) is 55.1 Å². The standard InChI is InChI=1S/C16H24N6O2/c1-11-18-19-15(23-11)10-21(2)13-4-3-7-22(8-13)9-14-17-16(24-20-14)12-5-6-12/h12-13H,3-10H2,1-2H3/t13-/m0/s1. The summed E-state index contributed by atoms with van der Waals surface area (Å²) < 4.78 is 10.8. The van der Waals surface area contributed by atoms with Crippen molar-refractivity contribution in [3.8, 4) is 0 Å². The molecule has 0 spiro atoms. The first-order valence-corrected chi connectivity index (χ1v) is 8.71. The highest BCUT2D eigenvalue weighted by atomic mass is 16.5. The topological polar surface area (TPSA) is 84.3 Å². The first kappa shape index (κ1) is 15.7. The Balaban J connectivity index is 1.32. The Morgan fingerprint density at radius 2 is 2.12 bits per heavy atom. The number of nitrogens with zero attached hydrogens (tertiary/aromatic N) is 6. The molecule has 0 bridgehead atoms. The Hall–Kier alpha value is -1.80. The highest BCUT2D eigenvalue weighted by molar-refractivity contribution is 5.01. The summed E-state index contributed by atoms with van der Waals surface area (Å²) >= 11 is 0. The molecule has 24 heavy (non-hydrogen) atoms. The Labute approximate surface area is 141 Å². The van der Waals surface area contributed by atoms with Crippen molar-refractivity contribution in [2.75, 3.05) is 20.1 Å². The maximum Gasteiger partial charge on any atom is 0.230 e. The van der Waals surface area contributed by atoms with Gasteiger partial charge in [-0.2, -0.15) is 4.98 Å². The van der Waals surface area contributed by atoms with Gasteiger partial charge in [-0.15, -0.1) is 10.2 Å². The average molecular weight is 332 g/mol. The lowest BCUT2D eigenvalue weighted by molar-refractivity contribution is 0.0986. The van der Waals surface area contributed by atoms with Gasteiger partial charge in [0, 0.05) is 25.4 Å². The number of rotatable bonds is 6. The second-order valence-electron chi connectivity index (χ2n) is 6.98. The van der Waals surface area contributed by atoms with Crippen molar-refractivity contribution in [3.05, 3.63) is 23.5 Å². The zero-order valence-corrected chi connectivity index (χ0v) is 14.3. The SMILES string of the molecule is Cc1nnc(CN(C)[C@H]2CCCN(Cc3noc(C4CC4)n3)C2)o1. The molecule has 0 unspecified atom stereocenters. The fraction of sp³-hybridized carbons (Fsp3) is 0.750. The van der Waals surface area contributed by atoms with Gasteiger partial charge in [0.25, 0.3) is 0 Å². The molecule has 2 aromatic heterocycles. The van der Waals surface area contributed by atoms with E-state index >= 15 is 0 Å². The third kappa shape index (κ3) is 3.64. The van der Waals surface area contributed by atoms with E-state index in [1.54, 1.807) is 0 Å². The molecule has 3 heterocycles. The third-order valence-corrected chi connectivity index (χ3v) is 4.83. The van der Waals surface area contributed by atoms with Gasteiger partial charge in [-0.1, -0.05) is 5.16 Å². The summed E-state index contributed by atoms with van der Waals surface area (Å²) in [6.45, 7) is 5.35. The first-order chi connectivity index (χ1) is 11.7. The average Bonchev–Trinajstić information content (AvgIpc) is 3.19. The van der Waals surface area contributed by atoms with Gasteiger partial charge >= 0.3 is 0 Å². The summed E-state index contributed by atoms with van der Waals surface area (Å²) in [4.78, 5) is 9.25. The van der Waals surface area contributed by atoms with Gasteiger partial charge in [0.15, 0.2) is 5.82 Å². The summed E-state index contributed by atoms with van der Waals surface area (Å²) in [7, 11) is 2.12. The molecule has 2 fully saturated rings. The minimum Gasteiger partial charge on any atom is -0.424 e. The van der Waals surface area contributed by atoms with Crippen LogP contribution in [0.2, 0.25) is 0 Å².